The van der Waals surface area contributed by atoms with Crippen molar-refractivity contribution in [1.29, 1.82) is 0 Å². The number of sulfone groups is 1. The summed E-state index contributed by atoms with van der Waals surface area (Å²) in [6.45, 7) is 0.900. The van der Waals surface area contributed by atoms with E-state index in [1.54, 1.807) is 24.3 Å². The molecular weight excluding hydrogens is 550 g/mol. The number of hydrogen-bond donors (Lipinski definition) is 1. The molecule has 2 heterocycles. The van der Waals surface area contributed by atoms with Crippen LogP contribution >= 0.6 is 31.9 Å². The fourth-order valence-corrected chi connectivity index (χ4v) is 5.33. The Bertz CT molecular complexity index is 1200. The van der Waals surface area contributed by atoms with E-state index in [0.717, 1.165) is 8.95 Å². The summed E-state index contributed by atoms with van der Waals surface area (Å²) >= 11 is 6.71. The van der Waals surface area contributed by atoms with Crippen molar-refractivity contribution in [3.8, 4) is 11.5 Å². The summed E-state index contributed by atoms with van der Waals surface area (Å²) in [4.78, 5) is 17.9. The molecule has 7 nitrogen and oxygen atoms in total. The van der Waals surface area contributed by atoms with Crippen LogP contribution in [0.15, 0.2) is 71.8 Å². The van der Waals surface area contributed by atoms with Gasteiger partial charge in [-0.05, 0) is 61.4 Å². The molecule has 0 saturated carbocycles. The van der Waals surface area contributed by atoms with Crippen LogP contribution in [-0.2, 0) is 14.6 Å². The molecule has 0 aliphatic carbocycles. The van der Waals surface area contributed by atoms with Crippen LogP contribution in [0.5, 0.6) is 0 Å². The zero-order valence-corrected chi connectivity index (χ0v) is 20.3. The smallest absolute Gasteiger partial charge is 0.236 e. The summed E-state index contributed by atoms with van der Waals surface area (Å²) in [5, 5.41) is -0.134. The monoisotopic (exact) mass is 567 g/mol. The molecule has 162 valence electrons. The first-order chi connectivity index (χ1) is 14.8. The van der Waals surface area contributed by atoms with Crippen molar-refractivity contribution in [1.82, 2.24) is 4.98 Å². The van der Waals surface area contributed by atoms with Gasteiger partial charge < -0.3 is 15.1 Å². The molecule has 1 aromatic heterocycles. The fraction of sp³-hybridized carbons (Fsp3) is 0.238. The van der Waals surface area contributed by atoms with Gasteiger partial charge in [0.15, 0.2) is 0 Å². The van der Waals surface area contributed by atoms with Crippen molar-refractivity contribution in [3.63, 3.8) is 0 Å². The Kier molecular flexibility index (Phi) is 6.23. The van der Waals surface area contributed by atoms with Crippen molar-refractivity contribution in [2.24, 2.45) is 11.7 Å². The van der Waals surface area contributed by atoms with Crippen LogP contribution in [0.25, 0.3) is 11.5 Å². The number of anilines is 1. The van der Waals surface area contributed by atoms with Crippen molar-refractivity contribution in [2.45, 2.75) is 22.8 Å². The summed E-state index contributed by atoms with van der Waals surface area (Å²) in [6, 6.07) is 13.7. The molecule has 4 rings (SSSR count). The molecule has 1 fully saturated rings. The molecule has 31 heavy (non-hydrogen) atoms. The Balaban J connectivity index is 1.78. The number of carbonyl (C=O) groups excluding carboxylic acids is 1. The number of primary amides is 1. The van der Waals surface area contributed by atoms with Crippen LogP contribution in [0.4, 0.5) is 5.88 Å². The fourth-order valence-electron chi connectivity index (χ4n) is 3.48. The van der Waals surface area contributed by atoms with Gasteiger partial charge in [0.2, 0.25) is 32.5 Å². The van der Waals surface area contributed by atoms with Crippen LogP contribution in [0.3, 0.4) is 0 Å². The minimum absolute atomic E-state index is 0.125. The molecule has 3 aromatic rings. The van der Waals surface area contributed by atoms with E-state index in [-0.39, 0.29) is 33.5 Å². The van der Waals surface area contributed by atoms with E-state index in [1.807, 2.05) is 17.0 Å². The van der Waals surface area contributed by atoms with E-state index in [2.05, 4.69) is 36.8 Å². The SMILES string of the molecule is NC(=O)C1CCN(c2oc(-c3ccc(Br)cc3)nc2S(=O)(=O)c2ccc(Br)cc2)CC1. The third kappa shape index (κ3) is 4.56. The number of halogens is 2. The number of amides is 1. The number of aromatic nitrogens is 1. The van der Waals surface area contributed by atoms with Gasteiger partial charge in [-0.25, -0.2) is 8.42 Å². The minimum atomic E-state index is -3.93. The van der Waals surface area contributed by atoms with Gasteiger partial charge in [0, 0.05) is 33.5 Å². The maximum absolute atomic E-state index is 13.4. The lowest BCUT2D eigenvalue weighted by Crippen LogP contribution is -2.38. The molecular formula is C21H19Br2N3O4S. The Morgan fingerprint density at radius 2 is 1.55 bits per heavy atom. The molecule has 0 unspecified atom stereocenters. The lowest BCUT2D eigenvalue weighted by Gasteiger charge is -2.30. The molecule has 0 radical (unpaired) electrons. The first-order valence-electron chi connectivity index (χ1n) is 9.57. The predicted octanol–water partition coefficient (Wildman–Crippen LogP) is 4.40. The van der Waals surface area contributed by atoms with E-state index in [0.29, 0.717) is 31.5 Å². The van der Waals surface area contributed by atoms with Crippen LogP contribution in [0.2, 0.25) is 0 Å². The Labute approximate surface area is 196 Å². The second-order valence-electron chi connectivity index (χ2n) is 7.26. The molecule has 1 saturated heterocycles. The van der Waals surface area contributed by atoms with Gasteiger partial charge in [-0.15, -0.1) is 0 Å². The number of piperidine rings is 1. The summed E-state index contributed by atoms with van der Waals surface area (Å²) in [6.07, 6.45) is 1.06. The number of benzene rings is 2. The minimum Gasteiger partial charge on any atom is -0.419 e. The highest BCUT2D eigenvalue weighted by Crippen LogP contribution is 2.37. The lowest BCUT2D eigenvalue weighted by molar-refractivity contribution is -0.122. The summed E-state index contributed by atoms with van der Waals surface area (Å²) in [5.74, 6) is -0.161. The summed E-state index contributed by atoms with van der Waals surface area (Å²) in [5.41, 5.74) is 6.10. The third-order valence-corrected chi connectivity index (χ3v) is 7.96. The second-order valence-corrected chi connectivity index (χ2v) is 11.0. The highest BCUT2D eigenvalue weighted by Gasteiger charge is 2.34. The Morgan fingerprint density at radius 3 is 2.10 bits per heavy atom. The maximum Gasteiger partial charge on any atom is 0.236 e. The molecule has 0 bridgehead atoms. The van der Waals surface area contributed by atoms with Crippen molar-refractivity contribution >= 4 is 53.5 Å². The number of oxazole rings is 1. The zero-order valence-electron chi connectivity index (χ0n) is 16.3. The molecule has 1 aliphatic heterocycles. The number of carbonyl (C=O) groups is 1. The maximum atomic E-state index is 13.4. The van der Waals surface area contributed by atoms with Crippen LogP contribution in [0, 0.1) is 5.92 Å². The standard InChI is InChI=1S/C21H19Br2N3O4S/c22-15-3-1-14(2-4-15)19-25-20(31(28,29)17-7-5-16(23)6-8-17)21(30-19)26-11-9-13(10-12-26)18(24)27/h1-8,13H,9-12H2,(H2,24,27). The van der Waals surface area contributed by atoms with Crippen molar-refractivity contribution in [3.05, 3.63) is 57.5 Å². The van der Waals surface area contributed by atoms with Crippen LogP contribution in [-0.4, -0.2) is 32.4 Å². The van der Waals surface area contributed by atoms with Gasteiger partial charge in [0.25, 0.3) is 0 Å². The van der Waals surface area contributed by atoms with Gasteiger partial charge in [-0.2, -0.15) is 4.98 Å². The predicted molar refractivity (Wildman–Crippen MR) is 123 cm³/mol. The average Bonchev–Trinajstić information content (AvgIpc) is 3.21. The molecule has 10 heteroatoms. The van der Waals surface area contributed by atoms with Crippen molar-refractivity contribution < 1.29 is 17.6 Å². The van der Waals surface area contributed by atoms with E-state index >= 15 is 0 Å². The van der Waals surface area contributed by atoms with E-state index in [9.17, 15) is 13.2 Å². The first kappa shape index (κ1) is 22.0. The first-order valence-corrected chi connectivity index (χ1v) is 12.6. The highest BCUT2D eigenvalue weighted by atomic mass is 79.9. The van der Waals surface area contributed by atoms with Gasteiger partial charge in [0.05, 0.1) is 4.90 Å². The van der Waals surface area contributed by atoms with Gasteiger partial charge >= 0.3 is 0 Å². The van der Waals surface area contributed by atoms with E-state index in [4.69, 9.17) is 10.2 Å². The number of rotatable bonds is 5. The third-order valence-electron chi connectivity index (χ3n) is 5.23. The highest BCUT2D eigenvalue weighted by molar-refractivity contribution is 9.10. The molecule has 0 spiro atoms. The number of nitrogens with two attached hydrogens (primary N) is 1. The molecule has 1 amide bonds. The lowest BCUT2D eigenvalue weighted by atomic mass is 9.96. The average molecular weight is 569 g/mol. The number of nitrogens with zero attached hydrogens (tertiary/aromatic N) is 2. The Hall–Kier alpha value is -2.17. The normalized spacial score (nSPS) is 15.2. The molecule has 2 N–H and O–H groups in total. The summed E-state index contributed by atoms with van der Waals surface area (Å²) < 4.78 is 34.5. The van der Waals surface area contributed by atoms with E-state index in [1.165, 1.54) is 12.1 Å². The topological polar surface area (TPSA) is 106 Å². The van der Waals surface area contributed by atoms with Gasteiger partial charge in [0.1, 0.15) is 0 Å². The van der Waals surface area contributed by atoms with Gasteiger partial charge in [-0.1, -0.05) is 31.9 Å². The van der Waals surface area contributed by atoms with Crippen LogP contribution < -0.4 is 10.6 Å². The van der Waals surface area contributed by atoms with Crippen LogP contribution in [0.1, 0.15) is 12.8 Å². The number of hydrogen-bond acceptors (Lipinski definition) is 6. The van der Waals surface area contributed by atoms with Gasteiger partial charge in [-0.3, -0.25) is 4.79 Å². The Morgan fingerprint density at radius 1 is 1.00 bits per heavy atom. The molecule has 1 aliphatic rings. The summed E-state index contributed by atoms with van der Waals surface area (Å²) in [7, 11) is -3.93. The quantitative estimate of drug-likeness (QED) is 0.489. The molecule has 2 aromatic carbocycles. The zero-order chi connectivity index (χ0) is 22.2. The molecule has 0 atom stereocenters. The van der Waals surface area contributed by atoms with Crippen molar-refractivity contribution in [2.75, 3.05) is 18.0 Å². The largest absolute Gasteiger partial charge is 0.419 e. The second kappa shape index (κ2) is 8.76. The van der Waals surface area contributed by atoms with E-state index < -0.39 is 9.84 Å².